The molecule has 3 aliphatic heterocycles. The first-order valence-electron chi connectivity index (χ1n) is 9.66. The van der Waals surface area contributed by atoms with Gasteiger partial charge in [0.1, 0.15) is 12.1 Å². The highest BCUT2D eigenvalue weighted by Crippen LogP contribution is 2.31. The molecule has 13 heteroatoms. The Labute approximate surface area is 176 Å². The number of amides is 3. The predicted molar refractivity (Wildman–Crippen MR) is 101 cm³/mol. The first-order chi connectivity index (χ1) is 14.5. The minimum atomic E-state index is -4.64. The molecule has 2 N–H and O–H groups in total. The second-order valence-corrected chi connectivity index (χ2v) is 9.74. The van der Waals surface area contributed by atoms with Crippen molar-refractivity contribution in [1.82, 2.24) is 19.8 Å². The fraction of sp³-hybridized carbons (Fsp3) is 0.556. The van der Waals surface area contributed by atoms with Crippen molar-refractivity contribution in [3.05, 3.63) is 29.8 Å². The molecule has 0 atom stereocenters. The molecular formula is C18H21F3N4O5S. The molecule has 31 heavy (non-hydrogen) atoms. The minimum absolute atomic E-state index is 0.203. The minimum Gasteiger partial charge on any atom is -0.447 e. The molecule has 3 aliphatic rings. The van der Waals surface area contributed by atoms with Crippen LogP contribution in [0.1, 0.15) is 18.4 Å². The predicted octanol–water partition coefficient (Wildman–Crippen LogP) is 1.36. The van der Waals surface area contributed by atoms with Crippen LogP contribution in [0.15, 0.2) is 29.2 Å². The van der Waals surface area contributed by atoms with Gasteiger partial charge in [-0.25, -0.2) is 22.7 Å². The topological polar surface area (TPSA) is 108 Å². The molecule has 0 unspecified atom stereocenters. The monoisotopic (exact) mass is 462 g/mol. The maximum Gasteiger partial charge on any atom is 0.416 e. The lowest BCUT2D eigenvalue weighted by atomic mass is 9.92. The Kier molecular flexibility index (Phi) is 5.28. The van der Waals surface area contributed by atoms with Gasteiger partial charge < -0.3 is 19.9 Å². The summed E-state index contributed by atoms with van der Waals surface area (Å²) in [4.78, 5) is 26.5. The van der Waals surface area contributed by atoms with Gasteiger partial charge in [-0.05, 0) is 31.0 Å². The molecule has 9 nitrogen and oxygen atoms in total. The number of alkyl halides is 3. The van der Waals surface area contributed by atoms with Gasteiger partial charge in [-0.3, -0.25) is 0 Å². The average Bonchev–Trinajstić information content (AvgIpc) is 3.08. The van der Waals surface area contributed by atoms with Crippen molar-refractivity contribution < 1.29 is 35.9 Å². The molecule has 1 spiro atoms. The number of halogens is 3. The Hall–Kier alpha value is -2.54. The molecule has 0 bridgehead atoms. The van der Waals surface area contributed by atoms with Gasteiger partial charge >= 0.3 is 18.3 Å². The Balaban J connectivity index is 1.30. The average molecular weight is 462 g/mol. The van der Waals surface area contributed by atoms with Gasteiger partial charge in [-0.2, -0.15) is 13.2 Å². The molecule has 0 saturated carbocycles. The maximum atomic E-state index is 12.9. The normalized spacial score (nSPS) is 21.6. The van der Waals surface area contributed by atoms with E-state index >= 15 is 0 Å². The van der Waals surface area contributed by atoms with E-state index < -0.39 is 44.3 Å². The van der Waals surface area contributed by atoms with Crippen LogP contribution in [-0.4, -0.2) is 74.7 Å². The molecule has 0 aliphatic carbocycles. The van der Waals surface area contributed by atoms with E-state index in [1.165, 1.54) is 0 Å². The molecule has 3 fully saturated rings. The van der Waals surface area contributed by atoms with Gasteiger partial charge in [-0.1, -0.05) is 6.07 Å². The number of nitrogens with zero attached hydrogens (tertiary/aromatic N) is 2. The molecule has 0 radical (unpaired) electrons. The van der Waals surface area contributed by atoms with Crippen molar-refractivity contribution in [3.8, 4) is 0 Å². The number of rotatable bonds is 3. The van der Waals surface area contributed by atoms with E-state index in [1.807, 2.05) is 0 Å². The number of carbonyl (C=O) groups is 2. The van der Waals surface area contributed by atoms with Gasteiger partial charge in [0.2, 0.25) is 10.0 Å². The number of nitrogens with one attached hydrogen (secondary N) is 2. The maximum absolute atomic E-state index is 12.9. The van der Waals surface area contributed by atoms with Crippen molar-refractivity contribution in [2.75, 3.05) is 32.8 Å². The zero-order valence-corrected chi connectivity index (χ0v) is 17.1. The Morgan fingerprint density at radius 2 is 1.87 bits per heavy atom. The van der Waals surface area contributed by atoms with Crippen LogP contribution in [-0.2, 0) is 20.9 Å². The van der Waals surface area contributed by atoms with E-state index in [0.717, 1.165) is 18.2 Å². The van der Waals surface area contributed by atoms with Crippen LogP contribution in [0, 0.1) is 0 Å². The third kappa shape index (κ3) is 4.42. The lowest BCUT2D eigenvalue weighted by Crippen LogP contribution is -2.71. The Bertz CT molecular complexity index is 986. The van der Waals surface area contributed by atoms with Crippen LogP contribution in [0.3, 0.4) is 0 Å². The number of benzene rings is 1. The molecular weight excluding hydrogens is 441 g/mol. The van der Waals surface area contributed by atoms with Crippen LogP contribution in [0.2, 0.25) is 0 Å². The van der Waals surface area contributed by atoms with Gasteiger partial charge in [0.25, 0.3) is 0 Å². The number of hydrogen-bond donors (Lipinski definition) is 2. The number of hydrogen-bond acceptors (Lipinski definition) is 5. The summed E-state index contributed by atoms with van der Waals surface area (Å²) in [7, 11) is -4.13. The second-order valence-electron chi connectivity index (χ2n) is 8.03. The number of ether oxygens (including phenoxy) is 1. The quantitative estimate of drug-likeness (QED) is 0.706. The summed E-state index contributed by atoms with van der Waals surface area (Å²) in [5.74, 6) is 0. The molecule has 1 aromatic carbocycles. The molecule has 4 rings (SSSR count). The van der Waals surface area contributed by atoms with Crippen molar-refractivity contribution >= 4 is 22.1 Å². The van der Waals surface area contributed by atoms with Crippen LogP contribution in [0.4, 0.5) is 22.8 Å². The first kappa shape index (κ1) is 21.7. The van der Waals surface area contributed by atoms with Crippen LogP contribution in [0.25, 0.3) is 0 Å². The molecule has 170 valence electrons. The van der Waals surface area contributed by atoms with Crippen molar-refractivity contribution in [1.29, 1.82) is 0 Å². The number of sulfonamides is 1. The molecule has 3 amide bonds. The smallest absolute Gasteiger partial charge is 0.416 e. The lowest BCUT2D eigenvalue weighted by molar-refractivity contribution is -0.137. The Morgan fingerprint density at radius 1 is 1.19 bits per heavy atom. The van der Waals surface area contributed by atoms with E-state index in [1.54, 1.807) is 9.80 Å². The van der Waals surface area contributed by atoms with Crippen LogP contribution >= 0.6 is 0 Å². The fourth-order valence-corrected chi connectivity index (χ4v) is 5.35. The van der Waals surface area contributed by atoms with Gasteiger partial charge in [0.05, 0.1) is 23.5 Å². The zero-order chi connectivity index (χ0) is 22.4. The lowest BCUT2D eigenvalue weighted by Gasteiger charge is -2.48. The Morgan fingerprint density at radius 3 is 2.45 bits per heavy atom. The first-order valence-corrected chi connectivity index (χ1v) is 11.1. The standard InChI is InChI=1S/C18H21F3N4O5S/c19-18(20,21)12-2-1-3-14(8-12)31(28,29)23-13-4-6-24(7-5-13)16(27)25-9-17(10-25)11-30-15(26)22-17/h1-3,8,13,23H,4-7,9-11H2,(H,22,26). The van der Waals surface area contributed by atoms with Crippen molar-refractivity contribution in [3.63, 3.8) is 0 Å². The summed E-state index contributed by atoms with van der Waals surface area (Å²) in [6.07, 6.45) is -4.47. The van der Waals surface area contributed by atoms with Gasteiger partial charge in [0.15, 0.2) is 0 Å². The summed E-state index contributed by atoms with van der Waals surface area (Å²) in [6, 6.07) is 2.88. The van der Waals surface area contributed by atoms with E-state index in [-0.39, 0.29) is 12.6 Å². The molecule has 3 saturated heterocycles. The van der Waals surface area contributed by atoms with Crippen LogP contribution < -0.4 is 10.0 Å². The summed E-state index contributed by atoms with van der Waals surface area (Å²) in [5, 5.41) is 2.70. The van der Waals surface area contributed by atoms with Gasteiger partial charge in [-0.15, -0.1) is 0 Å². The largest absolute Gasteiger partial charge is 0.447 e. The second kappa shape index (κ2) is 7.55. The number of cyclic esters (lactones) is 1. The van der Waals surface area contributed by atoms with Crippen molar-refractivity contribution in [2.45, 2.75) is 35.5 Å². The van der Waals surface area contributed by atoms with Crippen LogP contribution in [0.5, 0.6) is 0 Å². The fourth-order valence-electron chi connectivity index (χ4n) is 4.00. The third-order valence-corrected chi connectivity index (χ3v) is 7.18. The SMILES string of the molecule is O=C1NC2(CO1)CN(C(=O)N1CCC(NS(=O)(=O)c3cccc(C(F)(F)F)c3)CC1)C2. The van der Waals surface area contributed by atoms with E-state index in [0.29, 0.717) is 45.1 Å². The number of urea groups is 1. The summed E-state index contributed by atoms with van der Waals surface area (Å²) in [5.41, 5.74) is -1.56. The molecule has 3 heterocycles. The number of carbonyl (C=O) groups excluding carboxylic acids is 2. The number of likely N-dealkylation sites (tertiary alicyclic amines) is 2. The highest BCUT2D eigenvalue weighted by atomic mass is 32.2. The highest BCUT2D eigenvalue weighted by molar-refractivity contribution is 7.89. The molecule has 1 aromatic rings. The van der Waals surface area contributed by atoms with E-state index in [9.17, 15) is 31.2 Å². The number of piperidine rings is 1. The summed E-state index contributed by atoms with van der Waals surface area (Å²) in [6.45, 7) is 1.52. The summed E-state index contributed by atoms with van der Waals surface area (Å²) < 4.78 is 70.9. The van der Waals surface area contributed by atoms with Crippen molar-refractivity contribution in [2.24, 2.45) is 0 Å². The molecule has 0 aromatic heterocycles. The van der Waals surface area contributed by atoms with E-state index in [2.05, 4.69) is 10.0 Å². The number of alkyl carbamates (subject to hydrolysis) is 1. The third-order valence-electron chi connectivity index (χ3n) is 5.66. The zero-order valence-electron chi connectivity index (χ0n) is 16.3. The highest BCUT2D eigenvalue weighted by Gasteiger charge is 2.52. The van der Waals surface area contributed by atoms with Gasteiger partial charge in [0, 0.05) is 19.1 Å². The van der Waals surface area contributed by atoms with E-state index in [4.69, 9.17) is 4.74 Å². The summed E-state index contributed by atoms with van der Waals surface area (Å²) >= 11 is 0.